The molecule has 0 aromatic carbocycles. The van der Waals surface area contributed by atoms with Gasteiger partial charge in [0.05, 0.1) is 17.5 Å². The predicted octanol–water partition coefficient (Wildman–Crippen LogP) is 2.74. The van der Waals surface area contributed by atoms with Crippen LogP contribution in [0, 0.1) is 6.92 Å². The fourth-order valence-electron chi connectivity index (χ4n) is 2.23. The standard InChI is InChI=1S/C14H21NO2S/c1-3-12-9-15(7-4-8-17-12)10-13(16)14-6-5-11(2)18-14/h5-6,12H,3-4,7-10H2,1-2H3. The summed E-state index contributed by atoms with van der Waals surface area (Å²) in [7, 11) is 0. The van der Waals surface area contributed by atoms with Gasteiger partial charge in [-0.25, -0.2) is 0 Å². The van der Waals surface area contributed by atoms with E-state index in [-0.39, 0.29) is 11.9 Å². The predicted molar refractivity (Wildman–Crippen MR) is 74.5 cm³/mol. The molecule has 0 amide bonds. The fraction of sp³-hybridized carbons (Fsp3) is 0.643. The van der Waals surface area contributed by atoms with E-state index < -0.39 is 0 Å². The van der Waals surface area contributed by atoms with Gasteiger partial charge in [0, 0.05) is 24.6 Å². The Bertz CT molecular complexity index is 402. The number of hydrogen-bond donors (Lipinski definition) is 0. The highest BCUT2D eigenvalue weighted by Crippen LogP contribution is 2.17. The first-order chi connectivity index (χ1) is 8.69. The minimum atomic E-state index is 0.241. The monoisotopic (exact) mass is 267 g/mol. The zero-order valence-electron chi connectivity index (χ0n) is 11.1. The topological polar surface area (TPSA) is 29.5 Å². The second-order valence-corrected chi connectivity index (χ2v) is 6.11. The van der Waals surface area contributed by atoms with Gasteiger partial charge in [-0.3, -0.25) is 9.69 Å². The van der Waals surface area contributed by atoms with Gasteiger partial charge in [0.25, 0.3) is 0 Å². The van der Waals surface area contributed by atoms with E-state index in [4.69, 9.17) is 4.74 Å². The van der Waals surface area contributed by atoms with Gasteiger partial charge < -0.3 is 4.74 Å². The molecule has 1 aliphatic heterocycles. The molecule has 0 spiro atoms. The molecule has 4 heteroatoms. The molecule has 1 unspecified atom stereocenters. The van der Waals surface area contributed by atoms with Crippen LogP contribution < -0.4 is 0 Å². The molecule has 0 saturated carbocycles. The maximum atomic E-state index is 12.2. The molecule has 1 atom stereocenters. The van der Waals surface area contributed by atoms with Crippen LogP contribution in [0.1, 0.15) is 34.3 Å². The molecule has 2 heterocycles. The number of Topliss-reactive ketones (excluding diaryl/α,β-unsaturated/α-hetero) is 1. The second-order valence-electron chi connectivity index (χ2n) is 4.82. The number of thiophene rings is 1. The number of aryl methyl sites for hydroxylation is 1. The Morgan fingerprint density at radius 1 is 1.56 bits per heavy atom. The van der Waals surface area contributed by atoms with Crippen LogP contribution in [-0.2, 0) is 4.74 Å². The number of carbonyl (C=O) groups is 1. The van der Waals surface area contributed by atoms with Gasteiger partial charge in [0.2, 0.25) is 0 Å². The number of carbonyl (C=O) groups excluding carboxylic acids is 1. The number of hydrogen-bond acceptors (Lipinski definition) is 4. The van der Waals surface area contributed by atoms with E-state index in [1.54, 1.807) is 11.3 Å². The third-order valence-electron chi connectivity index (χ3n) is 3.27. The third kappa shape index (κ3) is 3.64. The second kappa shape index (κ2) is 6.45. The van der Waals surface area contributed by atoms with Crippen molar-refractivity contribution in [2.45, 2.75) is 32.8 Å². The largest absolute Gasteiger partial charge is 0.377 e. The van der Waals surface area contributed by atoms with Crippen molar-refractivity contribution < 1.29 is 9.53 Å². The summed E-state index contributed by atoms with van der Waals surface area (Å²) in [4.78, 5) is 16.5. The Labute approximate surface area is 113 Å². The van der Waals surface area contributed by atoms with E-state index >= 15 is 0 Å². The Kier molecular flexibility index (Phi) is 4.92. The van der Waals surface area contributed by atoms with E-state index in [1.807, 2.05) is 19.1 Å². The van der Waals surface area contributed by atoms with Gasteiger partial charge in [-0.1, -0.05) is 6.92 Å². The van der Waals surface area contributed by atoms with Crippen LogP contribution in [0.15, 0.2) is 12.1 Å². The normalized spacial score (nSPS) is 21.8. The number of ketones is 1. The molecule has 0 N–H and O–H groups in total. The summed E-state index contributed by atoms with van der Waals surface area (Å²) in [5.41, 5.74) is 0. The lowest BCUT2D eigenvalue weighted by Gasteiger charge is -2.21. The summed E-state index contributed by atoms with van der Waals surface area (Å²) in [6, 6.07) is 3.95. The number of rotatable bonds is 4. The third-order valence-corrected chi connectivity index (χ3v) is 4.31. The van der Waals surface area contributed by atoms with Crippen LogP contribution in [0.25, 0.3) is 0 Å². The molecule has 1 aromatic rings. The van der Waals surface area contributed by atoms with Gasteiger partial charge >= 0.3 is 0 Å². The lowest BCUT2D eigenvalue weighted by atomic mass is 10.2. The lowest BCUT2D eigenvalue weighted by molar-refractivity contribution is 0.0512. The maximum absolute atomic E-state index is 12.2. The zero-order chi connectivity index (χ0) is 13.0. The van der Waals surface area contributed by atoms with Gasteiger partial charge in [0.15, 0.2) is 5.78 Å². The van der Waals surface area contributed by atoms with Crippen molar-refractivity contribution in [2.24, 2.45) is 0 Å². The first-order valence-electron chi connectivity index (χ1n) is 6.62. The van der Waals surface area contributed by atoms with Gasteiger partial charge in [-0.15, -0.1) is 11.3 Å². The summed E-state index contributed by atoms with van der Waals surface area (Å²) >= 11 is 1.59. The lowest BCUT2D eigenvalue weighted by Crippen LogP contribution is -2.35. The molecule has 0 bridgehead atoms. The van der Waals surface area contributed by atoms with Crippen LogP contribution in [0.4, 0.5) is 0 Å². The van der Waals surface area contributed by atoms with Crippen molar-refractivity contribution in [1.29, 1.82) is 0 Å². The zero-order valence-corrected chi connectivity index (χ0v) is 12.0. The minimum absolute atomic E-state index is 0.241. The van der Waals surface area contributed by atoms with E-state index in [2.05, 4.69) is 11.8 Å². The molecule has 1 saturated heterocycles. The summed E-state index contributed by atoms with van der Waals surface area (Å²) in [5, 5.41) is 0. The van der Waals surface area contributed by atoms with Crippen molar-refractivity contribution in [2.75, 3.05) is 26.2 Å². The number of nitrogens with zero attached hydrogens (tertiary/aromatic N) is 1. The smallest absolute Gasteiger partial charge is 0.186 e. The summed E-state index contributed by atoms with van der Waals surface area (Å²) in [6.07, 6.45) is 2.32. The first kappa shape index (κ1) is 13.7. The van der Waals surface area contributed by atoms with E-state index in [9.17, 15) is 4.79 Å². The van der Waals surface area contributed by atoms with Crippen LogP contribution in [0.5, 0.6) is 0 Å². The van der Waals surface area contributed by atoms with E-state index in [1.165, 1.54) is 4.88 Å². The van der Waals surface area contributed by atoms with Crippen molar-refractivity contribution in [3.8, 4) is 0 Å². The SMILES string of the molecule is CCC1CN(CC(=O)c2ccc(C)s2)CCCO1. The van der Waals surface area contributed by atoms with Crippen LogP contribution in [0.2, 0.25) is 0 Å². The average Bonchev–Trinajstić information content (AvgIpc) is 2.66. The fourth-order valence-corrected chi connectivity index (χ4v) is 3.02. The molecule has 100 valence electrons. The van der Waals surface area contributed by atoms with Crippen molar-refractivity contribution >= 4 is 17.1 Å². The molecule has 2 rings (SSSR count). The maximum Gasteiger partial charge on any atom is 0.186 e. The Morgan fingerprint density at radius 3 is 3.06 bits per heavy atom. The molecule has 3 nitrogen and oxygen atoms in total. The average molecular weight is 267 g/mol. The van der Waals surface area contributed by atoms with Crippen molar-refractivity contribution in [1.82, 2.24) is 4.90 Å². The van der Waals surface area contributed by atoms with Crippen molar-refractivity contribution in [3.05, 3.63) is 21.9 Å². The highest BCUT2D eigenvalue weighted by Gasteiger charge is 2.20. The van der Waals surface area contributed by atoms with E-state index in [0.29, 0.717) is 6.54 Å². The molecule has 0 radical (unpaired) electrons. The van der Waals surface area contributed by atoms with E-state index in [0.717, 1.165) is 37.4 Å². The summed E-state index contributed by atoms with van der Waals surface area (Å²) in [6.45, 7) is 7.37. The molecular weight excluding hydrogens is 246 g/mol. The van der Waals surface area contributed by atoms with Crippen molar-refractivity contribution in [3.63, 3.8) is 0 Å². The van der Waals surface area contributed by atoms with Crippen LogP contribution in [0.3, 0.4) is 0 Å². The van der Waals surface area contributed by atoms with Gasteiger partial charge in [-0.2, -0.15) is 0 Å². The number of ether oxygens (including phenoxy) is 1. The van der Waals surface area contributed by atoms with Crippen LogP contribution >= 0.6 is 11.3 Å². The molecule has 1 aromatic heterocycles. The molecule has 0 aliphatic carbocycles. The molecule has 1 fully saturated rings. The van der Waals surface area contributed by atoms with Gasteiger partial charge in [-0.05, 0) is 31.9 Å². The first-order valence-corrected chi connectivity index (χ1v) is 7.44. The summed E-state index contributed by atoms with van der Waals surface area (Å²) in [5.74, 6) is 0.241. The highest BCUT2D eigenvalue weighted by molar-refractivity contribution is 7.14. The summed E-state index contributed by atoms with van der Waals surface area (Å²) < 4.78 is 5.72. The molecular formula is C14H21NO2S. The Hall–Kier alpha value is -0.710. The van der Waals surface area contributed by atoms with Gasteiger partial charge in [0.1, 0.15) is 0 Å². The molecule has 1 aliphatic rings. The van der Waals surface area contributed by atoms with Crippen LogP contribution in [-0.4, -0.2) is 43.0 Å². The minimum Gasteiger partial charge on any atom is -0.377 e. The Morgan fingerprint density at radius 2 is 2.39 bits per heavy atom. The molecule has 18 heavy (non-hydrogen) atoms. The Balaban J connectivity index is 1.93. The highest BCUT2D eigenvalue weighted by atomic mass is 32.1. The quantitative estimate of drug-likeness (QED) is 0.786.